The van der Waals surface area contributed by atoms with E-state index in [1.807, 2.05) is 77.7 Å². The predicted octanol–water partition coefficient (Wildman–Crippen LogP) is 5.11. The zero-order chi connectivity index (χ0) is 22.2. The second-order valence-corrected chi connectivity index (χ2v) is 9.15. The Morgan fingerprint density at radius 3 is 2.25 bits per heavy atom. The second kappa shape index (κ2) is 11.0. The Morgan fingerprint density at radius 1 is 0.875 bits per heavy atom. The molecule has 32 heavy (non-hydrogen) atoms. The van der Waals surface area contributed by atoms with Gasteiger partial charge in [0.25, 0.3) is 5.91 Å². The maximum Gasteiger partial charge on any atom is 0.251 e. The van der Waals surface area contributed by atoms with Gasteiger partial charge < -0.3 is 10.2 Å². The van der Waals surface area contributed by atoms with E-state index in [1.54, 1.807) is 11.8 Å². The van der Waals surface area contributed by atoms with E-state index in [4.69, 9.17) is 0 Å². The first-order chi connectivity index (χ1) is 15.7. The molecule has 0 aromatic heterocycles. The molecule has 164 valence electrons. The summed E-state index contributed by atoms with van der Waals surface area (Å²) >= 11 is 1.58. The van der Waals surface area contributed by atoms with Crippen molar-refractivity contribution in [1.82, 2.24) is 10.2 Å². The molecule has 1 unspecified atom stereocenters. The third-order valence-corrected chi connectivity index (χ3v) is 6.78. The summed E-state index contributed by atoms with van der Waals surface area (Å²) in [5.41, 5.74) is 2.89. The average Bonchev–Trinajstić information content (AvgIpc) is 2.87. The molecule has 4 rings (SSSR count). The Hall–Kier alpha value is -3.05. The van der Waals surface area contributed by atoms with Gasteiger partial charge in [0, 0.05) is 30.1 Å². The largest absolute Gasteiger partial charge is 0.352 e. The molecule has 0 radical (unpaired) electrons. The Kier molecular flexibility index (Phi) is 7.62. The fraction of sp³-hybridized carbons (Fsp3) is 0.259. The number of nitrogens with zero attached hydrogens (tertiary/aromatic N) is 1. The van der Waals surface area contributed by atoms with Crippen LogP contribution < -0.4 is 5.32 Å². The molecule has 3 aromatic carbocycles. The van der Waals surface area contributed by atoms with Gasteiger partial charge >= 0.3 is 0 Å². The number of amides is 2. The fourth-order valence-corrected chi connectivity index (χ4v) is 4.82. The van der Waals surface area contributed by atoms with Crippen LogP contribution in [0.1, 0.15) is 23.2 Å². The van der Waals surface area contributed by atoms with Gasteiger partial charge in [-0.25, -0.2) is 0 Å². The molecular weight excluding hydrogens is 416 g/mol. The third kappa shape index (κ3) is 6.01. The van der Waals surface area contributed by atoms with Crippen LogP contribution in [0.4, 0.5) is 0 Å². The molecule has 0 aliphatic carbocycles. The summed E-state index contributed by atoms with van der Waals surface area (Å²) in [5, 5.41) is 3.06. The molecule has 1 heterocycles. The Bertz CT molecular complexity index is 1020. The predicted molar refractivity (Wildman–Crippen MR) is 131 cm³/mol. The van der Waals surface area contributed by atoms with Gasteiger partial charge in [0.05, 0.1) is 5.75 Å². The van der Waals surface area contributed by atoms with Gasteiger partial charge in [-0.3, -0.25) is 9.59 Å². The fourth-order valence-electron chi connectivity index (χ4n) is 4.00. The van der Waals surface area contributed by atoms with Crippen LogP contribution in [0.25, 0.3) is 11.1 Å². The summed E-state index contributed by atoms with van der Waals surface area (Å²) in [6, 6.07) is 27.8. The van der Waals surface area contributed by atoms with E-state index in [9.17, 15) is 9.59 Å². The van der Waals surface area contributed by atoms with E-state index in [-0.39, 0.29) is 11.8 Å². The van der Waals surface area contributed by atoms with Crippen LogP contribution in [0.15, 0.2) is 89.8 Å². The van der Waals surface area contributed by atoms with E-state index in [2.05, 4.69) is 17.4 Å². The van der Waals surface area contributed by atoms with Crippen LogP contribution in [0.2, 0.25) is 0 Å². The van der Waals surface area contributed by atoms with Crippen molar-refractivity contribution in [3.63, 3.8) is 0 Å². The Labute approximate surface area is 194 Å². The van der Waals surface area contributed by atoms with Crippen LogP contribution in [0, 0.1) is 5.92 Å². The zero-order valence-electron chi connectivity index (χ0n) is 18.1. The number of thioether (sulfide) groups is 1. The first-order valence-corrected chi connectivity index (χ1v) is 12.1. The molecule has 1 aliphatic heterocycles. The highest BCUT2D eigenvalue weighted by molar-refractivity contribution is 8.00. The van der Waals surface area contributed by atoms with Crippen molar-refractivity contribution in [2.75, 3.05) is 25.4 Å². The van der Waals surface area contributed by atoms with E-state index < -0.39 is 0 Å². The topological polar surface area (TPSA) is 49.4 Å². The number of carbonyl (C=O) groups excluding carboxylic acids is 2. The number of nitrogens with one attached hydrogen (secondary N) is 1. The second-order valence-electron chi connectivity index (χ2n) is 8.10. The average molecular weight is 445 g/mol. The minimum atomic E-state index is -0.0623. The van der Waals surface area contributed by atoms with Crippen LogP contribution >= 0.6 is 11.8 Å². The number of likely N-dealkylation sites (tertiary alicyclic amines) is 1. The van der Waals surface area contributed by atoms with Crippen molar-refractivity contribution in [1.29, 1.82) is 0 Å². The lowest BCUT2D eigenvalue weighted by Crippen LogP contribution is -2.44. The SMILES string of the molecule is O=C(NCC1CCCN(C(=O)CSc2ccccc2)C1)c1ccc(-c2ccccc2)cc1. The Morgan fingerprint density at radius 2 is 1.53 bits per heavy atom. The van der Waals surface area contributed by atoms with E-state index in [0.29, 0.717) is 30.3 Å². The van der Waals surface area contributed by atoms with Crippen LogP contribution in [-0.4, -0.2) is 42.1 Å². The lowest BCUT2D eigenvalue weighted by atomic mass is 9.97. The molecule has 4 nitrogen and oxygen atoms in total. The summed E-state index contributed by atoms with van der Waals surface area (Å²) in [6.07, 6.45) is 2.01. The monoisotopic (exact) mass is 444 g/mol. The van der Waals surface area contributed by atoms with Gasteiger partial charge in [0.15, 0.2) is 0 Å². The lowest BCUT2D eigenvalue weighted by Gasteiger charge is -2.33. The highest BCUT2D eigenvalue weighted by atomic mass is 32.2. The minimum absolute atomic E-state index is 0.0623. The van der Waals surface area contributed by atoms with Gasteiger partial charge in [0.1, 0.15) is 0 Å². The van der Waals surface area contributed by atoms with Gasteiger partial charge in [-0.05, 0) is 54.2 Å². The summed E-state index contributed by atoms with van der Waals surface area (Å²) < 4.78 is 0. The van der Waals surface area contributed by atoms with Crippen molar-refractivity contribution in [2.24, 2.45) is 5.92 Å². The van der Waals surface area contributed by atoms with Crippen molar-refractivity contribution in [3.05, 3.63) is 90.5 Å². The summed E-state index contributed by atoms with van der Waals surface area (Å²) in [4.78, 5) is 28.3. The number of piperidine rings is 1. The smallest absolute Gasteiger partial charge is 0.251 e. The molecule has 0 saturated carbocycles. The van der Waals surface area contributed by atoms with Crippen molar-refractivity contribution in [3.8, 4) is 11.1 Å². The molecule has 5 heteroatoms. The molecule has 1 atom stereocenters. The van der Waals surface area contributed by atoms with E-state index in [1.165, 1.54) is 0 Å². The molecule has 1 N–H and O–H groups in total. The highest BCUT2D eigenvalue weighted by Gasteiger charge is 2.24. The Balaban J connectivity index is 1.25. The van der Waals surface area contributed by atoms with Gasteiger partial charge in [-0.1, -0.05) is 60.7 Å². The maximum absolute atomic E-state index is 12.6. The number of hydrogen-bond acceptors (Lipinski definition) is 3. The zero-order valence-corrected chi connectivity index (χ0v) is 18.9. The summed E-state index contributed by atoms with van der Waals surface area (Å²) in [6.45, 7) is 2.11. The summed E-state index contributed by atoms with van der Waals surface area (Å²) in [5.74, 6) is 0.859. The van der Waals surface area contributed by atoms with E-state index >= 15 is 0 Å². The molecule has 1 fully saturated rings. The summed E-state index contributed by atoms with van der Waals surface area (Å²) in [7, 11) is 0. The third-order valence-electron chi connectivity index (χ3n) is 5.78. The number of carbonyl (C=O) groups is 2. The number of hydrogen-bond donors (Lipinski definition) is 1. The molecule has 0 bridgehead atoms. The van der Waals surface area contributed by atoms with Crippen molar-refractivity contribution in [2.45, 2.75) is 17.7 Å². The highest BCUT2D eigenvalue weighted by Crippen LogP contribution is 2.22. The first kappa shape index (κ1) is 22.2. The number of rotatable bonds is 7. The van der Waals surface area contributed by atoms with Crippen molar-refractivity contribution < 1.29 is 9.59 Å². The van der Waals surface area contributed by atoms with E-state index in [0.717, 1.165) is 35.4 Å². The molecule has 3 aromatic rings. The molecule has 2 amide bonds. The normalized spacial score (nSPS) is 15.9. The standard InChI is InChI=1S/C27H28N2O2S/c30-26(20-32-25-11-5-2-6-12-25)29-17-7-8-21(19-29)18-28-27(31)24-15-13-23(14-16-24)22-9-3-1-4-10-22/h1-6,9-16,21H,7-8,17-20H2,(H,28,31). The molecule has 0 spiro atoms. The quantitative estimate of drug-likeness (QED) is 0.515. The minimum Gasteiger partial charge on any atom is -0.352 e. The van der Waals surface area contributed by atoms with Gasteiger partial charge in [-0.2, -0.15) is 0 Å². The van der Waals surface area contributed by atoms with Crippen molar-refractivity contribution >= 4 is 23.6 Å². The number of benzene rings is 3. The van der Waals surface area contributed by atoms with Crippen LogP contribution in [0.3, 0.4) is 0 Å². The first-order valence-electron chi connectivity index (χ1n) is 11.1. The lowest BCUT2D eigenvalue weighted by molar-refractivity contribution is -0.130. The molecule has 1 aliphatic rings. The molecule has 1 saturated heterocycles. The van der Waals surface area contributed by atoms with Gasteiger partial charge in [-0.15, -0.1) is 11.8 Å². The van der Waals surface area contributed by atoms with Gasteiger partial charge in [0.2, 0.25) is 5.91 Å². The van der Waals surface area contributed by atoms with Crippen LogP contribution in [0.5, 0.6) is 0 Å². The maximum atomic E-state index is 12.6. The molecular formula is C27H28N2O2S. The van der Waals surface area contributed by atoms with Crippen LogP contribution in [-0.2, 0) is 4.79 Å².